The predicted octanol–water partition coefficient (Wildman–Crippen LogP) is 0.409. The number of hydrogen-bond donors (Lipinski definition) is 1. The number of carbonyl (C=O) groups excluding carboxylic acids is 2. The van der Waals surface area contributed by atoms with Gasteiger partial charge in [-0.05, 0) is 6.07 Å². The molecule has 1 N–H and O–H groups in total. The van der Waals surface area contributed by atoms with Crippen molar-refractivity contribution in [2.24, 2.45) is 0 Å². The standard InChI is InChI=1S/C11H11NO4/c1-15-11(14)10(13)12-8-6-16-9-5-3-2-4-7(8)9/h2-5,8H,6H2,1H3,(H,12,13). The first kappa shape index (κ1) is 10.5. The minimum absolute atomic E-state index is 0.289. The quantitative estimate of drug-likeness (QED) is 0.551. The van der Waals surface area contributed by atoms with Gasteiger partial charge >= 0.3 is 11.9 Å². The summed E-state index contributed by atoms with van der Waals surface area (Å²) in [5, 5.41) is 2.55. The summed E-state index contributed by atoms with van der Waals surface area (Å²) in [6.07, 6.45) is 0. The molecule has 0 saturated heterocycles. The zero-order valence-electron chi connectivity index (χ0n) is 8.73. The van der Waals surface area contributed by atoms with Crippen molar-refractivity contribution in [2.45, 2.75) is 6.04 Å². The molecule has 0 spiro atoms. The summed E-state index contributed by atoms with van der Waals surface area (Å²) in [7, 11) is 1.17. The largest absolute Gasteiger partial charge is 0.491 e. The van der Waals surface area contributed by atoms with Gasteiger partial charge in [-0.2, -0.15) is 0 Å². The summed E-state index contributed by atoms with van der Waals surface area (Å²) >= 11 is 0. The Kier molecular flexibility index (Phi) is 2.76. The number of amides is 1. The van der Waals surface area contributed by atoms with Gasteiger partial charge in [-0.3, -0.25) is 4.79 Å². The molecule has 0 saturated carbocycles. The van der Waals surface area contributed by atoms with Gasteiger partial charge in [0, 0.05) is 5.56 Å². The fraction of sp³-hybridized carbons (Fsp3) is 0.273. The van der Waals surface area contributed by atoms with E-state index in [2.05, 4.69) is 10.1 Å². The number of rotatable bonds is 1. The molecule has 1 unspecified atom stereocenters. The molecule has 1 aliphatic rings. The van der Waals surface area contributed by atoms with Crippen LogP contribution in [-0.4, -0.2) is 25.6 Å². The Labute approximate surface area is 92.4 Å². The van der Waals surface area contributed by atoms with E-state index < -0.39 is 11.9 Å². The van der Waals surface area contributed by atoms with Crippen LogP contribution in [0.2, 0.25) is 0 Å². The van der Waals surface area contributed by atoms with E-state index in [0.717, 1.165) is 11.3 Å². The molecule has 1 aromatic carbocycles. The second kappa shape index (κ2) is 4.22. The van der Waals surface area contributed by atoms with Crippen LogP contribution in [0, 0.1) is 0 Å². The topological polar surface area (TPSA) is 64.6 Å². The number of methoxy groups -OCH3 is 1. The van der Waals surface area contributed by atoms with Crippen LogP contribution in [0.3, 0.4) is 0 Å². The number of nitrogens with one attached hydrogen (secondary N) is 1. The number of para-hydroxylation sites is 1. The molecular weight excluding hydrogens is 210 g/mol. The van der Waals surface area contributed by atoms with Gasteiger partial charge in [0.05, 0.1) is 13.2 Å². The van der Waals surface area contributed by atoms with Crippen molar-refractivity contribution in [3.05, 3.63) is 29.8 Å². The summed E-state index contributed by atoms with van der Waals surface area (Å²) in [6.45, 7) is 0.335. The van der Waals surface area contributed by atoms with E-state index in [1.807, 2.05) is 24.3 Å². The highest BCUT2D eigenvalue weighted by Crippen LogP contribution is 2.31. The lowest BCUT2D eigenvalue weighted by Crippen LogP contribution is -2.35. The Hall–Kier alpha value is -2.04. The van der Waals surface area contributed by atoms with Crippen LogP contribution in [-0.2, 0) is 14.3 Å². The van der Waals surface area contributed by atoms with E-state index >= 15 is 0 Å². The van der Waals surface area contributed by atoms with Crippen LogP contribution in [0.5, 0.6) is 5.75 Å². The molecule has 1 aromatic rings. The number of esters is 1. The highest BCUT2D eigenvalue weighted by atomic mass is 16.5. The first-order valence-corrected chi connectivity index (χ1v) is 4.83. The molecule has 0 bridgehead atoms. The van der Waals surface area contributed by atoms with E-state index in [1.165, 1.54) is 7.11 Å². The normalized spacial score (nSPS) is 17.2. The lowest BCUT2D eigenvalue weighted by molar-refractivity contribution is -0.153. The van der Waals surface area contributed by atoms with Crippen molar-refractivity contribution in [1.29, 1.82) is 0 Å². The predicted molar refractivity (Wildman–Crippen MR) is 54.8 cm³/mol. The molecular formula is C11H11NO4. The molecule has 0 fully saturated rings. The fourth-order valence-corrected chi connectivity index (χ4v) is 1.59. The molecule has 16 heavy (non-hydrogen) atoms. The molecule has 0 aromatic heterocycles. The van der Waals surface area contributed by atoms with Crippen LogP contribution in [0.4, 0.5) is 0 Å². The third kappa shape index (κ3) is 1.84. The van der Waals surface area contributed by atoms with Gasteiger partial charge in [0.25, 0.3) is 0 Å². The summed E-state index contributed by atoms with van der Waals surface area (Å²) in [6, 6.07) is 7.08. The maximum Gasteiger partial charge on any atom is 0.396 e. The maximum atomic E-state index is 11.3. The summed E-state index contributed by atoms with van der Waals surface area (Å²) in [5.41, 5.74) is 0.875. The Morgan fingerprint density at radius 3 is 2.94 bits per heavy atom. The van der Waals surface area contributed by atoms with E-state index in [-0.39, 0.29) is 6.04 Å². The smallest absolute Gasteiger partial charge is 0.396 e. The SMILES string of the molecule is COC(=O)C(=O)NC1COc2ccccc21. The van der Waals surface area contributed by atoms with Crippen LogP contribution >= 0.6 is 0 Å². The summed E-state index contributed by atoms with van der Waals surface area (Å²) in [5.74, 6) is -0.921. The number of hydrogen-bond acceptors (Lipinski definition) is 4. The summed E-state index contributed by atoms with van der Waals surface area (Å²) < 4.78 is 9.68. The van der Waals surface area contributed by atoms with Crippen LogP contribution in [0.1, 0.15) is 11.6 Å². The molecule has 1 aliphatic heterocycles. The maximum absolute atomic E-state index is 11.3. The van der Waals surface area contributed by atoms with Gasteiger partial charge in [-0.1, -0.05) is 18.2 Å². The number of ether oxygens (including phenoxy) is 2. The van der Waals surface area contributed by atoms with Gasteiger partial charge in [0.1, 0.15) is 12.4 Å². The van der Waals surface area contributed by atoms with Crippen molar-refractivity contribution in [2.75, 3.05) is 13.7 Å². The van der Waals surface area contributed by atoms with Crippen LogP contribution in [0.25, 0.3) is 0 Å². The molecule has 2 rings (SSSR count). The summed E-state index contributed by atoms with van der Waals surface area (Å²) in [4.78, 5) is 22.2. The highest BCUT2D eigenvalue weighted by molar-refractivity contribution is 6.32. The van der Waals surface area contributed by atoms with Crippen molar-refractivity contribution < 1.29 is 19.1 Å². The third-order valence-electron chi connectivity index (χ3n) is 2.38. The van der Waals surface area contributed by atoms with Crippen molar-refractivity contribution in [3.8, 4) is 5.75 Å². The number of carbonyl (C=O) groups is 2. The number of benzene rings is 1. The van der Waals surface area contributed by atoms with E-state index in [0.29, 0.717) is 6.61 Å². The van der Waals surface area contributed by atoms with Gasteiger partial charge in [-0.25, -0.2) is 4.79 Å². The lowest BCUT2D eigenvalue weighted by atomic mass is 10.1. The van der Waals surface area contributed by atoms with E-state index in [1.54, 1.807) is 0 Å². The van der Waals surface area contributed by atoms with Crippen LogP contribution < -0.4 is 10.1 Å². The van der Waals surface area contributed by atoms with E-state index in [9.17, 15) is 9.59 Å². The fourth-order valence-electron chi connectivity index (χ4n) is 1.59. The number of fused-ring (bicyclic) bond motifs is 1. The van der Waals surface area contributed by atoms with Gasteiger partial charge in [-0.15, -0.1) is 0 Å². The second-order valence-electron chi connectivity index (χ2n) is 3.37. The zero-order valence-corrected chi connectivity index (χ0v) is 8.73. The van der Waals surface area contributed by atoms with Crippen LogP contribution in [0.15, 0.2) is 24.3 Å². The van der Waals surface area contributed by atoms with Crippen molar-refractivity contribution in [1.82, 2.24) is 5.32 Å². The average molecular weight is 221 g/mol. The van der Waals surface area contributed by atoms with Gasteiger partial charge < -0.3 is 14.8 Å². The second-order valence-corrected chi connectivity index (χ2v) is 3.37. The monoisotopic (exact) mass is 221 g/mol. The Bertz CT molecular complexity index is 430. The first-order chi connectivity index (χ1) is 7.72. The Balaban J connectivity index is 2.09. The molecule has 5 heteroatoms. The molecule has 1 atom stereocenters. The first-order valence-electron chi connectivity index (χ1n) is 4.83. The highest BCUT2D eigenvalue weighted by Gasteiger charge is 2.27. The van der Waals surface area contributed by atoms with Crippen molar-refractivity contribution in [3.63, 3.8) is 0 Å². The van der Waals surface area contributed by atoms with Gasteiger partial charge in [0.15, 0.2) is 0 Å². The molecule has 0 radical (unpaired) electrons. The molecule has 1 amide bonds. The molecule has 1 heterocycles. The Morgan fingerprint density at radius 2 is 2.19 bits per heavy atom. The third-order valence-corrected chi connectivity index (χ3v) is 2.38. The lowest BCUT2D eigenvalue weighted by Gasteiger charge is -2.09. The van der Waals surface area contributed by atoms with E-state index in [4.69, 9.17) is 4.74 Å². The minimum Gasteiger partial charge on any atom is -0.491 e. The Morgan fingerprint density at radius 1 is 1.44 bits per heavy atom. The average Bonchev–Trinajstić information content (AvgIpc) is 2.72. The zero-order chi connectivity index (χ0) is 11.5. The molecule has 84 valence electrons. The molecule has 5 nitrogen and oxygen atoms in total. The minimum atomic E-state index is -0.899. The molecule has 0 aliphatic carbocycles. The van der Waals surface area contributed by atoms with Crippen molar-refractivity contribution >= 4 is 11.9 Å². The van der Waals surface area contributed by atoms with Gasteiger partial charge in [0.2, 0.25) is 0 Å².